The van der Waals surface area contributed by atoms with Gasteiger partial charge in [0.25, 0.3) is 0 Å². The molecule has 1 amide bonds. The molecule has 0 aromatic carbocycles. The highest BCUT2D eigenvalue weighted by Gasteiger charge is 2.24. The molecule has 0 fully saturated rings. The fraction of sp³-hybridized carbons (Fsp3) is 0.700. The number of aliphatic hydroxyl groups excluding tert-OH is 2. The molecule has 3 N–H and O–H groups in total. The Kier molecular flexibility index (Phi) is 50.2. The molecule has 0 aromatic heterocycles. The zero-order valence-corrected chi connectivity index (χ0v) is 43.0. The number of ether oxygens (including phenoxy) is 1. The lowest BCUT2D eigenvalue weighted by Crippen LogP contribution is -2.46. The predicted molar refractivity (Wildman–Crippen MR) is 287 cm³/mol. The van der Waals surface area contributed by atoms with E-state index in [9.17, 15) is 19.8 Å². The summed E-state index contributed by atoms with van der Waals surface area (Å²) in [6.07, 6.45) is 70.4. The summed E-state index contributed by atoms with van der Waals surface area (Å²) >= 11 is 0. The number of allylic oxidation sites excluding steroid dienone is 16. The maximum atomic E-state index is 13.2. The Labute approximate surface area is 407 Å². The first-order valence-corrected chi connectivity index (χ1v) is 27.6. The van der Waals surface area contributed by atoms with Gasteiger partial charge in [-0.05, 0) is 64.2 Å². The fourth-order valence-corrected chi connectivity index (χ4v) is 7.93. The number of carbonyl (C=O) groups excluding carboxylic acids is 2. The van der Waals surface area contributed by atoms with E-state index in [1.54, 1.807) is 0 Å². The van der Waals surface area contributed by atoms with E-state index in [1.807, 2.05) is 60.8 Å². The minimum atomic E-state index is -0.816. The molecule has 3 unspecified atom stereocenters. The summed E-state index contributed by atoms with van der Waals surface area (Å²) in [7, 11) is 0. The van der Waals surface area contributed by atoms with Gasteiger partial charge in [0.15, 0.2) is 0 Å². The molecule has 0 radical (unpaired) electrons. The van der Waals surface area contributed by atoms with Crippen molar-refractivity contribution in [3.63, 3.8) is 0 Å². The highest BCUT2D eigenvalue weighted by atomic mass is 16.5. The zero-order chi connectivity index (χ0) is 48.1. The molecule has 0 aliphatic rings. The van der Waals surface area contributed by atoms with Crippen molar-refractivity contribution in [2.75, 3.05) is 6.61 Å². The first-order chi connectivity index (χ1) is 32.5. The Bertz CT molecular complexity index is 1310. The second-order valence-electron chi connectivity index (χ2n) is 18.4. The lowest BCUT2D eigenvalue weighted by atomic mass is 10.0. The van der Waals surface area contributed by atoms with Crippen LogP contribution in [0.2, 0.25) is 0 Å². The molecule has 0 aromatic rings. The lowest BCUT2D eigenvalue weighted by molar-refractivity contribution is -0.151. The Morgan fingerprint density at radius 3 is 1.32 bits per heavy atom. The third-order valence-electron chi connectivity index (χ3n) is 12.1. The Hall–Kier alpha value is -3.22. The van der Waals surface area contributed by atoms with E-state index in [1.165, 1.54) is 135 Å². The van der Waals surface area contributed by atoms with Gasteiger partial charge in [-0.15, -0.1) is 0 Å². The number of hydrogen-bond donors (Lipinski definition) is 3. The zero-order valence-electron chi connectivity index (χ0n) is 43.0. The van der Waals surface area contributed by atoms with Crippen molar-refractivity contribution in [3.05, 3.63) is 97.2 Å². The molecule has 66 heavy (non-hydrogen) atoms. The van der Waals surface area contributed by atoms with Crippen LogP contribution in [-0.2, 0) is 14.3 Å². The third kappa shape index (κ3) is 47.3. The van der Waals surface area contributed by atoms with E-state index < -0.39 is 18.2 Å². The van der Waals surface area contributed by atoms with E-state index in [0.717, 1.165) is 64.2 Å². The molecule has 0 heterocycles. The smallest absolute Gasteiger partial charge is 0.306 e. The van der Waals surface area contributed by atoms with E-state index in [4.69, 9.17) is 4.74 Å². The average molecular weight is 918 g/mol. The topological polar surface area (TPSA) is 95.9 Å². The van der Waals surface area contributed by atoms with E-state index in [2.05, 4.69) is 62.5 Å². The molecule has 0 spiro atoms. The number of esters is 1. The van der Waals surface area contributed by atoms with Crippen molar-refractivity contribution in [2.45, 2.75) is 264 Å². The van der Waals surface area contributed by atoms with E-state index >= 15 is 0 Å². The third-order valence-corrected chi connectivity index (χ3v) is 12.1. The van der Waals surface area contributed by atoms with Crippen molar-refractivity contribution < 1.29 is 24.5 Å². The molecule has 0 rings (SSSR count). The van der Waals surface area contributed by atoms with Crippen LogP contribution in [0.1, 0.15) is 245 Å². The molecule has 0 bridgehead atoms. The molecule has 6 nitrogen and oxygen atoms in total. The molecule has 378 valence electrons. The predicted octanol–water partition coefficient (Wildman–Crippen LogP) is 16.9. The summed E-state index contributed by atoms with van der Waals surface area (Å²) in [5.74, 6) is -0.566. The summed E-state index contributed by atoms with van der Waals surface area (Å²) < 4.78 is 5.90. The van der Waals surface area contributed by atoms with Gasteiger partial charge < -0.3 is 20.3 Å². The van der Waals surface area contributed by atoms with Gasteiger partial charge in [-0.1, -0.05) is 266 Å². The van der Waals surface area contributed by atoms with Gasteiger partial charge in [0.2, 0.25) is 5.91 Å². The molecular formula is C60H103NO5. The van der Waals surface area contributed by atoms with Gasteiger partial charge in [0, 0.05) is 6.42 Å². The first kappa shape index (κ1) is 62.8. The second-order valence-corrected chi connectivity index (χ2v) is 18.4. The largest absolute Gasteiger partial charge is 0.462 e. The van der Waals surface area contributed by atoms with Crippen LogP contribution in [-0.4, -0.2) is 46.9 Å². The molecule has 6 heteroatoms. The first-order valence-electron chi connectivity index (χ1n) is 27.6. The van der Waals surface area contributed by atoms with Crippen LogP contribution >= 0.6 is 0 Å². The summed E-state index contributed by atoms with van der Waals surface area (Å²) in [6, 6.07) is -0.734. The lowest BCUT2D eigenvalue weighted by Gasteiger charge is -2.24. The van der Waals surface area contributed by atoms with Crippen LogP contribution < -0.4 is 5.32 Å². The number of aliphatic hydroxyl groups is 2. The monoisotopic (exact) mass is 918 g/mol. The van der Waals surface area contributed by atoms with Gasteiger partial charge in [0.05, 0.1) is 25.2 Å². The van der Waals surface area contributed by atoms with Crippen LogP contribution in [0.15, 0.2) is 97.2 Å². The SMILES string of the molecule is CC\C=C/C=C/C=C/C=C\C=C\C=C\CCCC(CC(=O)NC(CO)C(O)CCCCCCCCCCCCCCCCCCC)OC(=O)CCCCCCCC/C=C/C=C/CCCCC. The van der Waals surface area contributed by atoms with Gasteiger partial charge in [-0.3, -0.25) is 9.59 Å². The number of amides is 1. The number of unbranched alkanes of at least 4 members (excludes halogenated alkanes) is 26. The van der Waals surface area contributed by atoms with Crippen LogP contribution in [0.3, 0.4) is 0 Å². The van der Waals surface area contributed by atoms with Crippen molar-refractivity contribution >= 4 is 11.9 Å². The maximum absolute atomic E-state index is 13.2. The highest BCUT2D eigenvalue weighted by molar-refractivity contribution is 5.77. The number of rotatable bonds is 48. The fourth-order valence-electron chi connectivity index (χ4n) is 7.93. The Morgan fingerprint density at radius 1 is 0.455 bits per heavy atom. The summed E-state index contributed by atoms with van der Waals surface area (Å²) in [4.78, 5) is 26.2. The van der Waals surface area contributed by atoms with Gasteiger partial charge in [0.1, 0.15) is 6.10 Å². The van der Waals surface area contributed by atoms with Crippen molar-refractivity contribution in [3.8, 4) is 0 Å². The quantitative estimate of drug-likeness (QED) is 0.0321. The van der Waals surface area contributed by atoms with Gasteiger partial charge in [-0.25, -0.2) is 0 Å². The normalized spacial score (nSPS) is 14.0. The van der Waals surface area contributed by atoms with E-state index in [-0.39, 0.29) is 24.9 Å². The van der Waals surface area contributed by atoms with Crippen LogP contribution in [0, 0.1) is 0 Å². The van der Waals surface area contributed by atoms with Crippen molar-refractivity contribution in [1.82, 2.24) is 5.32 Å². The summed E-state index contributed by atoms with van der Waals surface area (Å²) in [6.45, 7) is 6.29. The molecule has 3 atom stereocenters. The Morgan fingerprint density at radius 2 is 0.833 bits per heavy atom. The Balaban J connectivity index is 4.69. The van der Waals surface area contributed by atoms with Crippen molar-refractivity contribution in [1.29, 1.82) is 0 Å². The average Bonchev–Trinajstić information content (AvgIpc) is 3.31. The van der Waals surface area contributed by atoms with Crippen LogP contribution in [0.4, 0.5) is 0 Å². The highest BCUT2D eigenvalue weighted by Crippen LogP contribution is 2.17. The molecule has 0 aliphatic heterocycles. The summed E-state index contributed by atoms with van der Waals surface area (Å²) in [5, 5.41) is 23.8. The van der Waals surface area contributed by atoms with Crippen LogP contribution in [0.25, 0.3) is 0 Å². The molecule has 0 saturated carbocycles. The van der Waals surface area contributed by atoms with E-state index in [0.29, 0.717) is 19.3 Å². The van der Waals surface area contributed by atoms with Crippen LogP contribution in [0.5, 0.6) is 0 Å². The van der Waals surface area contributed by atoms with Gasteiger partial charge >= 0.3 is 5.97 Å². The number of carbonyl (C=O) groups is 2. The summed E-state index contributed by atoms with van der Waals surface area (Å²) in [5.41, 5.74) is 0. The standard InChI is InChI=1S/C60H103NO5/c1-4-7-10-13-16-19-22-25-28-29-32-34-37-40-43-46-49-52-58(63)57(55-62)61-59(64)54-56(51-48-45-42-39-36-33-30-26-23-20-17-14-11-8-5-2)66-60(65)53-50-47-44-41-38-35-31-27-24-21-18-15-12-9-6-3/h8,11,14,17-18,20-21,23-24,26-27,30,33,36,39,42,56-58,62-63H,4-7,9-10,12-13,15-16,19,22,25,28-29,31-32,34-35,37-38,40-41,43-55H2,1-3H3,(H,61,64)/b11-8-,17-14+,21-18+,23-20+,27-24+,30-26-,36-33+,42-39+. The molecular weight excluding hydrogens is 815 g/mol. The molecule has 0 aliphatic carbocycles. The minimum absolute atomic E-state index is 0.0171. The minimum Gasteiger partial charge on any atom is -0.462 e. The van der Waals surface area contributed by atoms with Gasteiger partial charge in [-0.2, -0.15) is 0 Å². The van der Waals surface area contributed by atoms with Crippen molar-refractivity contribution in [2.24, 2.45) is 0 Å². The molecule has 0 saturated heterocycles. The second kappa shape index (κ2) is 52.7. The maximum Gasteiger partial charge on any atom is 0.306 e. The number of hydrogen-bond acceptors (Lipinski definition) is 5. The number of nitrogens with one attached hydrogen (secondary N) is 1.